The van der Waals surface area contributed by atoms with Gasteiger partial charge in [0.25, 0.3) is 0 Å². The van der Waals surface area contributed by atoms with E-state index in [-0.39, 0.29) is 23.5 Å². The molecule has 2 aliphatic rings. The fraction of sp³-hybridized carbons (Fsp3) is 0.423. The van der Waals surface area contributed by atoms with Gasteiger partial charge in [-0.1, -0.05) is 18.9 Å². The normalized spacial score (nSPS) is 17.7. The molecule has 0 radical (unpaired) electrons. The van der Waals surface area contributed by atoms with Crippen molar-refractivity contribution in [2.45, 2.75) is 38.5 Å². The summed E-state index contributed by atoms with van der Waals surface area (Å²) >= 11 is 0. The smallest absolute Gasteiger partial charge is 0.246 e. The lowest BCUT2D eigenvalue weighted by Crippen LogP contribution is -2.44. The van der Waals surface area contributed by atoms with Crippen LogP contribution in [0.3, 0.4) is 0 Å². The molecule has 4 rings (SSSR count). The Morgan fingerprint density at radius 1 is 1.00 bits per heavy atom. The van der Waals surface area contributed by atoms with Gasteiger partial charge in [-0.05, 0) is 61.6 Å². The molecule has 2 amide bonds. The Balaban J connectivity index is 1.28. The molecule has 2 fully saturated rings. The summed E-state index contributed by atoms with van der Waals surface area (Å²) < 4.78 is 19.9. The Morgan fingerprint density at radius 2 is 1.76 bits per heavy atom. The number of hydrogen-bond donors (Lipinski definition) is 0. The zero-order chi connectivity index (χ0) is 23.0. The van der Waals surface area contributed by atoms with Gasteiger partial charge in [-0.3, -0.25) is 14.6 Å². The van der Waals surface area contributed by atoms with Gasteiger partial charge >= 0.3 is 0 Å². The van der Waals surface area contributed by atoms with E-state index in [9.17, 15) is 14.0 Å². The summed E-state index contributed by atoms with van der Waals surface area (Å²) in [6.07, 6.45) is 12.2. The number of likely N-dealkylation sites (tertiary alicyclic amines) is 2. The van der Waals surface area contributed by atoms with Gasteiger partial charge in [-0.2, -0.15) is 0 Å². The summed E-state index contributed by atoms with van der Waals surface area (Å²) in [5, 5.41) is 0. The number of aromatic nitrogens is 1. The topological polar surface area (TPSA) is 62.7 Å². The summed E-state index contributed by atoms with van der Waals surface area (Å²) in [7, 11) is 0. The predicted molar refractivity (Wildman–Crippen MR) is 124 cm³/mol. The first kappa shape index (κ1) is 23.0. The van der Waals surface area contributed by atoms with Gasteiger partial charge in [0.1, 0.15) is 5.75 Å². The fourth-order valence-corrected chi connectivity index (χ4v) is 4.41. The molecule has 0 atom stereocenters. The Bertz CT molecular complexity index is 980. The van der Waals surface area contributed by atoms with Crippen LogP contribution in [-0.4, -0.2) is 52.8 Å². The highest BCUT2D eigenvalue weighted by Crippen LogP contribution is 2.25. The number of benzene rings is 1. The first-order valence-corrected chi connectivity index (χ1v) is 11.7. The molecule has 1 aromatic carbocycles. The highest BCUT2D eigenvalue weighted by atomic mass is 19.1. The lowest BCUT2D eigenvalue weighted by atomic mass is 9.95. The van der Waals surface area contributed by atoms with E-state index in [0.717, 1.165) is 25.9 Å². The molecule has 0 saturated carbocycles. The van der Waals surface area contributed by atoms with Crippen LogP contribution in [0, 0.1) is 11.7 Å². The molecule has 0 N–H and O–H groups in total. The van der Waals surface area contributed by atoms with E-state index < -0.39 is 5.82 Å². The third-order valence-corrected chi connectivity index (χ3v) is 6.31. The lowest BCUT2D eigenvalue weighted by molar-refractivity contribution is -0.139. The number of carbonyl (C=O) groups is 2. The SMILES string of the molecule is O=C(/C=C/c1ccc(Oc2cccnc2)c(F)c1)N1CCC(C(=O)N2CCCCCC2)CC1. The van der Waals surface area contributed by atoms with E-state index >= 15 is 0 Å². The number of pyridine rings is 1. The number of amides is 2. The summed E-state index contributed by atoms with van der Waals surface area (Å²) in [6.45, 7) is 2.87. The van der Waals surface area contributed by atoms with Gasteiger partial charge in [0.2, 0.25) is 11.8 Å². The Hall–Kier alpha value is -3.22. The van der Waals surface area contributed by atoms with Crippen molar-refractivity contribution in [3.8, 4) is 11.5 Å². The van der Waals surface area contributed by atoms with Gasteiger partial charge < -0.3 is 14.5 Å². The van der Waals surface area contributed by atoms with Crippen molar-refractivity contribution in [2.75, 3.05) is 26.2 Å². The van der Waals surface area contributed by atoms with Crippen LogP contribution in [0.25, 0.3) is 6.08 Å². The largest absolute Gasteiger partial charge is 0.453 e. The van der Waals surface area contributed by atoms with Crippen molar-refractivity contribution in [1.29, 1.82) is 0 Å². The second kappa shape index (κ2) is 11.1. The van der Waals surface area contributed by atoms with Gasteiger partial charge in [-0.15, -0.1) is 0 Å². The molecule has 3 heterocycles. The van der Waals surface area contributed by atoms with Gasteiger partial charge in [0.15, 0.2) is 11.6 Å². The number of halogens is 1. The van der Waals surface area contributed by atoms with E-state index in [2.05, 4.69) is 4.98 Å². The molecule has 0 spiro atoms. The number of ether oxygens (including phenoxy) is 1. The number of carbonyl (C=O) groups excluding carboxylic acids is 2. The summed E-state index contributed by atoms with van der Waals surface area (Å²) in [5.74, 6) is 0.185. The first-order valence-electron chi connectivity index (χ1n) is 11.7. The number of piperidine rings is 1. The molecule has 7 heteroatoms. The maximum atomic E-state index is 14.4. The molecule has 2 aromatic rings. The maximum Gasteiger partial charge on any atom is 0.246 e. The average Bonchev–Trinajstić information content (AvgIpc) is 3.14. The van der Waals surface area contributed by atoms with E-state index in [0.29, 0.717) is 37.2 Å². The highest BCUT2D eigenvalue weighted by Gasteiger charge is 2.29. The number of nitrogens with zero attached hydrogens (tertiary/aromatic N) is 3. The third kappa shape index (κ3) is 6.18. The molecule has 0 aliphatic carbocycles. The van der Waals surface area contributed by atoms with Gasteiger partial charge in [0, 0.05) is 44.4 Å². The summed E-state index contributed by atoms with van der Waals surface area (Å²) in [5.41, 5.74) is 0.575. The number of hydrogen-bond acceptors (Lipinski definition) is 4. The molecular weight excluding hydrogens is 421 g/mol. The molecular formula is C26H30FN3O3. The van der Waals surface area contributed by atoms with Gasteiger partial charge in [0.05, 0.1) is 6.20 Å². The van der Waals surface area contributed by atoms with Crippen molar-refractivity contribution in [1.82, 2.24) is 14.8 Å². The molecule has 33 heavy (non-hydrogen) atoms. The Morgan fingerprint density at radius 3 is 2.42 bits per heavy atom. The van der Waals surface area contributed by atoms with E-state index in [1.54, 1.807) is 35.4 Å². The second-order valence-electron chi connectivity index (χ2n) is 8.65. The molecule has 0 bridgehead atoms. The first-order chi connectivity index (χ1) is 16.1. The minimum atomic E-state index is -0.513. The van der Waals surface area contributed by atoms with Crippen LogP contribution in [0.5, 0.6) is 11.5 Å². The summed E-state index contributed by atoms with van der Waals surface area (Å²) in [6, 6.07) is 7.98. The maximum absolute atomic E-state index is 14.4. The zero-order valence-corrected chi connectivity index (χ0v) is 18.8. The Labute approximate surface area is 194 Å². The Kier molecular flexibility index (Phi) is 7.70. The molecule has 2 saturated heterocycles. The molecule has 174 valence electrons. The van der Waals surface area contributed by atoms with Crippen LogP contribution < -0.4 is 4.74 Å². The minimum Gasteiger partial charge on any atom is -0.453 e. The quantitative estimate of drug-likeness (QED) is 0.620. The molecule has 0 unspecified atom stereocenters. The van der Waals surface area contributed by atoms with Crippen LogP contribution in [0.15, 0.2) is 48.8 Å². The highest BCUT2D eigenvalue weighted by molar-refractivity contribution is 5.92. The monoisotopic (exact) mass is 451 g/mol. The third-order valence-electron chi connectivity index (χ3n) is 6.31. The van der Waals surface area contributed by atoms with Crippen LogP contribution in [0.2, 0.25) is 0 Å². The van der Waals surface area contributed by atoms with Crippen molar-refractivity contribution < 1.29 is 18.7 Å². The van der Waals surface area contributed by atoms with Crippen LogP contribution in [-0.2, 0) is 9.59 Å². The van der Waals surface area contributed by atoms with Crippen LogP contribution >= 0.6 is 0 Å². The van der Waals surface area contributed by atoms with Gasteiger partial charge in [-0.25, -0.2) is 4.39 Å². The average molecular weight is 452 g/mol. The summed E-state index contributed by atoms with van der Waals surface area (Å²) in [4.78, 5) is 33.2. The van der Waals surface area contributed by atoms with Crippen molar-refractivity contribution in [2.24, 2.45) is 5.92 Å². The second-order valence-corrected chi connectivity index (χ2v) is 8.65. The van der Waals surface area contributed by atoms with Crippen LogP contribution in [0.4, 0.5) is 4.39 Å². The molecule has 2 aliphatic heterocycles. The molecule has 1 aromatic heterocycles. The van der Waals surface area contributed by atoms with Crippen molar-refractivity contribution in [3.63, 3.8) is 0 Å². The lowest BCUT2D eigenvalue weighted by Gasteiger charge is -2.33. The zero-order valence-electron chi connectivity index (χ0n) is 18.8. The van der Waals surface area contributed by atoms with E-state index in [1.165, 1.54) is 37.2 Å². The predicted octanol–water partition coefficient (Wildman–Crippen LogP) is 4.67. The number of rotatable bonds is 5. The van der Waals surface area contributed by atoms with Crippen LogP contribution in [0.1, 0.15) is 44.1 Å². The van der Waals surface area contributed by atoms with Crippen molar-refractivity contribution >= 4 is 17.9 Å². The minimum absolute atomic E-state index is 0.0117. The van der Waals surface area contributed by atoms with E-state index in [4.69, 9.17) is 4.74 Å². The van der Waals surface area contributed by atoms with E-state index in [1.807, 2.05) is 4.90 Å². The fourth-order valence-electron chi connectivity index (χ4n) is 4.41. The molecule has 6 nitrogen and oxygen atoms in total. The van der Waals surface area contributed by atoms with Crippen molar-refractivity contribution in [3.05, 3.63) is 60.2 Å². The standard InChI is InChI=1S/C26H30FN3O3/c27-23-18-20(7-9-24(23)33-22-6-5-13-28-19-22)8-10-25(31)29-16-11-21(12-17-29)26(32)30-14-3-1-2-4-15-30/h5-10,13,18-19,21H,1-4,11-12,14-17H2/b10-8+.